The number of benzene rings is 1. The summed E-state index contributed by atoms with van der Waals surface area (Å²) in [5, 5.41) is 14.9. The lowest BCUT2D eigenvalue weighted by Crippen LogP contribution is -2.40. The van der Waals surface area contributed by atoms with Gasteiger partial charge in [-0.15, -0.1) is 10.2 Å². The highest BCUT2D eigenvalue weighted by molar-refractivity contribution is 8.00. The Balaban J connectivity index is 1.58. The molecule has 1 atom stereocenters. The van der Waals surface area contributed by atoms with Gasteiger partial charge in [0.25, 0.3) is 0 Å². The minimum absolute atomic E-state index is 0.0382. The number of amides is 2. The molecule has 0 aliphatic heterocycles. The number of rotatable bonds is 8. The van der Waals surface area contributed by atoms with Crippen LogP contribution in [0.4, 0.5) is 5.69 Å². The quantitative estimate of drug-likeness (QED) is 0.625. The Morgan fingerprint density at radius 2 is 2.00 bits per heavy atom. The average molecular weight is 430 g/mol. The number of hydrogen-bond donors (Lipinski definition) is 2. The van der Waals surface area contributed by atoms with Crippen LogP contribution in [0.5, 0.6) is 0 Å². The zero-order valence-corrected chi connectivity index (χ0v) is 18.8. The van der Waals surface area contributed by atoms with Crippen molar-refractivity contribution in [3.63, 3.8) is 0 Å². The first-order valence-corrected chi connectivity index (χ1v) is 11.6. The molecule has 30 heavy (non-hydrogen) atoms. The van der Waals surface area contributed by atoms with Crippen molar-refractivity contribution in [3.8, 4) is 0 Å². The number of carbonyl (C=O) groups excluding carboxylic acids is 2. The fourth-order valence-corrected chi connectivity index (χ4v) is 4.64. The van der Waals surface area contributed by atoms with Gasteiger partial charge >= 0.3 is 0 Å². The van der Waals surface area contributed by atoms with E-state index >= 15 is 0 Å². The van der Waals surface area contributed by atoms with Crippen molar-refractivity contribution < 1.29 is 9.59 Å². The van der Waals surface area contributed by atoms with Gasteiger partial charge in [-0.2, -0.15) is 0 Å². The van der Waals surface area contributed by atoms with Crippen LogP contribution in [-0.2, 0) is 22.6 Å². The number of aromatic nitrogens is 3. The molecule has 3 rings (SSSR count). The number of thioether (sulfide) groups is 1. The molecule has 0 saturated heterocycles. The predicted molar refractivity (Wildman–Crippen MR) is 120 cm³/mol. The summed E-state index contributed by atoms with van der Waals surface area (Å²) < 4.78 is 1.91. The van der Waals surface area contributed by atoms with E-state index in [9.17, 15) is 9.59 Å². The van der Waals surface area contributed by atoms with Gasteiger partial charge in [0.2, 0.25) is 11.8 Å². The van der Waals surface area contributed by atoms with Gasteiger partial charge in [0, 0.05) is 18.3 Å². The highest BCUT2D eigenvalue weighted by Crippen LogP contribution is 2.24. The number of nitrogens with zero attached hydrogens (tertiary/aromatic N) is 3. The Hall–Kier alpha value is -2.35. The number of hydrogen-bond acceptors (Lipinski definition) is 5. The highest BCUT2D eigenvalue weighted by atomic mass is 32.2. The Kier molecular flexibility index (Phi) is 7.90. The fourth-order valence-electron chi connectivity index (χ4n) is 3.70. The molecule has 1 heterocycles. The number of aryl methyl sites for hydroxylation is 1. The van der Waals surface area contributed by atoms with Crippen LogP contribution in [0.2, 0.25) is 0 Å². The van der Waals surface area contributed by atoms with Gasteiger partial charge in [-0.1, -0.05) is 43.2 Å². The summed E-state index contributed by atoms with van der Waals surface area (Å²) in [5.74, 6) is 0.503. The maximum Gasteiger partial charge on any atom is 0.233 e. The first-order valence-electron chi connectivity index (χ1n) is 10.7. The zero-order valence-electron chi connectivity index (χ0n) is 18.0. The molecule has 8 heteroatoms. The Labute approximate surface area is 182 Å². The van der Waals surface area contributed by atoms with Gasteiger partial charge in [0.15, 0.2) is 5.16 Å². The lowest BCUT2D eigenvalue weighted by Gasteiger charge is -2.24. The molecule has 1 saturated carbocycles. The van der Waals surface area contributed by atoms with Crippen LogP contribution >= 0.6 is 11.8 Å². The molecule has 2 N–H and O–H groups in total. The standard InChI is InChI=1S/C22H31N5O2S/c1-4-27-19(14-20(28)23-18-12-8-9-15(2)13-18)25-26-22(27)30-16(3)21(29)24-17-10-6-5-7-11-17/h8-9,12-13,16-17H,4-7,10-11,14H2,1-3H3,(H,23,28)(H,24,29)/t16-/m0/s1. The molecule has 7 nitrogen and oxygen atoms in total. The molecule has 162 valence electrons. The van der Waals surface area contributed by atoms with E-state index in [4.69, 9.17) is 0 Å². The van der Waals surface area contributed by atoms with E-state index in [0.29, 0.717) is 23.6 Å². The van der Waals surface area contributed by atoms with E-state index in [-0.39, 0.29) is 23.5 Å². The number of anilines is 1. The maximum atomic E-state index is 12.6. The third-order valence-corrected chi connectivity index (χ3v) is 6.41. The van der Waals surface area contributed by atoms with Crippen LogP contribution in [0, 0.1) is 6.92 Å². The molecule has 1 fully saturated rings. The van der Waals surface area contributed by atoms with E-state index < -0.39 is 0 Å². The van der Waals surface area contributed by atoms with E-state index in [2.05, 4.69) is 20.8 Å². The third kappa shape index (κ3) is 6.08. The SMILES string of the molecule is CCn1c(CC(=O)Nc2cccc(C)c2)nnc1S[C@@H](C)C(=O)NC1CCCCC1. The largest absolute Gasteiger partial charge is 0.352 e. The second-order valence-corrected chi connectivity index (χ2v) is 9.15. The minimum atomic E-state index is -0.268. The van der Waals surface area contributed by atoms with Crippen LogP contribution in [0.25, 0.3) is 0 Å². The average Bonchev–Trinajstić information content (AvgIpc) is 3.09. The normalized spacial score (nSPS) is 15.6. The molecule has 1 aliphatic carbocycles. The van der Waals surface area contributed by atoms with Crippen LogP contribution in [0.3, 0.4) is 0 Å². The molecular formula is C22H31N5O2S. The van der Waals surface area contributed by atoms with Crippen molar-refractivity contribution in [2.24, 2.45) is 0 Å². The molecule has 2 aromatic rings. The van der Waals surface area contributed by atoms with Gasteiger partial charge in [-0.3, -0.25) is 9.59 Å². The molecule has 0 bridgehead atoms. The van der Waals surface area contributed by atoms with Gasteiger partial charge in [-0.05, 0) is 51.3 Å². The molecule has 1 aromatic heterocycles. The summed E-state index contributed by atoms with van der Waals surface area (Å²) in [4.78, 5) is 25.0. The summed E-state index contributed by atoms with van der Waals surface area (Å²) in [6.45, 7) is 6.50. The summed E-state index contributed by atoms with van der Waals surface area (Å²) in [6, 6.07) is 7.98. The Morgan fingerprint density at radius 1 is 1.23 bits per heavy atom. The van der Waals surface area contributed by atoms with Crippen LogP contribution in [0.15, 0.2) is 29.4 Å². The summed E-state index contributed by atoms with van der Waals surface area (Å²) in [6.07, 6.45) is 5.90. The second kappa shape index (κ2) is 10.6. The van der Waals surface area contributed by atoms with Gasteiger partial charge in [-0.25, -0.2) is 0 Å². The molecule has 0 spiro atoms. The van der Waals surface area contributed by atoms with E-state index in [1.807, 2.05) is 49.6 Å². The molecule has 0 unspecified atom stereocenters. The Morgan fingerprint density at radius 3 is 2.70 bits per heavy atom. The first kappa shape index (κ1) is 22.3. The predicted octanol–water partition coefficient (Wildman–Crippen LogP) is 3.72. The topological polar surface area (TPSA) is 88.9 Å². The zero-order chi connectivity index (χ0) is 21.5. The van der Waals surface area contributed by atoms with Gasteiger partial charge in [0.1, 0.15) is 5.82 Å². The smallest absolute Gasteiger partial charge is 0.233 e. The minimum Gasteiger partial charge on any atom is -0.352 e. The lowest BCUT2D eigenvalue weighted by molar-refractivity contribution is -0.121. The van der Waals surface area contributed by atoms with Crippen LogP contribution < -0.4 is 10.6 Å². The molecule has 2 amide bonds. The van der Waals surface area contributed by atoms with Crippen molar-refractivity contribution in [2.45, 2.75) is 82.3 Å². The van der Waals surface area contributed by atoms with Crippen LogP contribution in [-0.4, -0.2) is 37.9 Å². The van der Waals surface area contributed by atoms with Crippen molar-refractivity contribution in [1.29, 1.82) is 0 Å². The summed E-state index contributed by atoms with van der Waals surface area (Å²) >= 11 is 1.39. The monoisotopic (exact) mass is 429 g/mol. The third-order valence-electron chi connectivity index (χ3n) is 5.33. The van der Waals surface area contributed by atoms with E-state index in [1.165, 1.54) is 31.0 Å². The highest BCUT2D eigenvalue weighted by Gasteiger charge is 2.23. The summed E-state index contributed by atoms with van der Waals surface area (Å²) in [7, 11) is 0. The molecule has 1 aliphatic rings. The molecule has 0 radical (unpaired) electrons. The van der Waals surface area contributed by atoms with Crippen molar-refractivity contribution in [3.05, 3.63) is 35.7 Å². The first-order chi connectivity index (χ1) is 14.5. The summed E-state index contributed by atoms with van der Waals surface area (Å²) in [5.41, 5.74) is 1.86. The van der Waals surface area contributed by atoms with Crippen molar-refractivity contribution in [1.82, 2.24) is 20.1 Å². The molecule has 1 aromatic carbocycles. The fraction of sp³-hybridized carbons (Fsp3) is 0.545. The van der Waals surface area contributed by atoms with Crippen molar-refractivity contribution >= 4 is 29.3 Å². The van der Waals surface area contributed by atoms with E-state index in [1.54, 1.807) is 0 Å². The number of carbonyl (C=O) groups is 2. The van der Waals surface area contributed by atoms with Gasteiger partial charge in [0.05, 0.1) is 11.7 Å². The maximum absolute atomic E-state index is 12.6. The van der Waals surface area contributed by atoms with Crippen molar-refractivity contribution in [2.75, 3.05) is 5.32 Å². The van der Waals surface area contributed by atoms with E-state index in [0.717, 1.165) is 24.1 Å². The second-order valence-electron chi connectivity index (χ2n) is 7.84. The molecular weight excluding hydrogens is 398 g/mol. The van der Waals surface area contributed by atoms with Gasteiger partial charge < -0.3 is 15.2 Å². The lowest BCUT2D eigenvalue weighted by atomic mass is 9.95. The number of nitrogens with one attached hydrogen (secondary N) is 2. The van der Waals surface area contributed by atoms with Crippen LogP contribution in [0.1, 0.15) is 57.3 Å². The Bertz CT molecular complexity index is 876.